The lowest BCUT2D eigenvalue weighted by Gasteiger charge is -2.34. The van der Waals surface area contributed by atoms with Gasteiger partial charge in [0.25, 0.3) is 0 Å². The van der Waals surface area contributed by atoms with Gasteiger partial charge in [-0.1, -0.05) is 6.42 Å². The molecule has 4 heteroatoms. The Morgan fingerprint density at radius 3 is 2.73 bits per heavy atom. The van der Waals surface area contributed by atoms with Gasteiger partial charge in [-0.25, -0.2) is 0 Å². The summed E-state index contributed by atoms with van der Waals surface area (Å²) < 4.78 is 4.83. The normalized spacial score (nSPS) is 32.9. The second kappa shape index (κ2) is 4.94. The molecular formula is C11H20N2O2. The molecule has 0 spiro atoms. The lowest BCUT2D eigenvalue weighted by molar-refractivity contribution is -0.144. The number of nitrogens with zero attached hydrogens (tertiary/aromatic N) is 1. The molecule has 2 saturated heterocycles. The van der Waals surface area contributed by atoms with Crippen LogP contribution in [0.2, 0.25) is 0 Å². The molecule has 0 bridgehead atoms. The molecule has 0 amide bonds. The average Bonchev–Trinajstić information content (AvgIpc) is 2.78. The van der Waals surface area contributed by atoms with Crippen molar-refractivity contribution in [3.05, 3.63) is 0 Å². The molecule has 0 aliphatic carbocycles. The summed E-state index contributed by atoms with van der Waals surface area (Å²) in [6, 6.07) is 0.255. The number of piperidine rings is 1. The Hall–Kier alpha value is -0.610. The van der Waals surface area contributed by atoms with Gasteiger partial charge in [-0.15, -0.1) is 0 Å². The molecular weight excluding hydrogens is 192 g/mol. The van der Waals surface area contributed by atoms with Crippen LogP contribution in [-0.2, 0) is 9.53 Å². The molecule has 2 heterocycles. The first-order valence-electron chi connectivity index (χ1n) is 5.88. The predicted molar refractivity (Wildman–Crippen MR) is 57.6 cm³/mol. The third kappa shape index (κ3) is 2.32. The summed E-state index contributed by atoms with van der Waals surface area (Å²) in [5.74, 6) is -0.108. The molecule has 2 aliphatic rings. The Balaban J connectivity index is 1.97. The molecule has 15 heavy (non-hydrogen) atoms. The monoisotopic (exact) mass is 212 g/mol. The van der Waals surface area contributed by atoms with E-state index in [2.05, 4.69) is 10.2 Å². The van der Waals surface area contributed by atoms with Gasteiger partial charge in [0, 0.05) is 6.04 Å². The molecule has 4 nitrogen and oxygen atoms in total. The molecule has 2 atom stereocenters. The van der Waals surface area contributed by atoms with Gasteiger partial charge >= 0.3 is 5.97 Å². The minimum atomic E-state index is -0.108. The van der Waals surface area contributed by atoms with Gasteiger partial charge in [0.2, 0.25) is 0 Å². The van der Waals surface area contributed by atoms with Gasteiger partial charge in [0.15, 0.2) is 0 Å². The van der Waals surface area contributed by atoms with E-state index in [1.54, 1.807) is 0 Å². The van der Waals surface area contributed by atoms with Crippen LogP contribution >= 0.6 is 0 Å². The fourth-order valence-electron chi connectivity index (χ4n) is 2.70. The van der Waals surface area contributed by atoms with Gasteiger partial charge in [-0.05, 0) is 38.9 Å². The number of likely N-dealkylation sites (tertiary alicyclic amines) is 1. The second-order valence-corrected chi connectivity index (χ2v) is 4.41. The highest BCUT2D eigenvalue weighted by molar-refractivity contribution is 5.77. The van der Waals surface area contributed by atoms with Crippen LogP contribution in [0.4, 0.5) is 0 Å². The second-order valence-electron chi connectivity index (χ2n) is 4.41. The number of hydrogen-bond donors (Lipinski definition) is 1. The van der Waals surface area contributed by atoms with Gasteiger partial charge in [-0.2, -0.15) is 0 Å². The van der Waals surface area contributed by atoms with E-state index in [1.807, 2.05) is 0 Å². The smallest absolute Gasteiger partial charge is 0.324 e. The number of nitrogens with one attached hydrogen (secondary N) is 1. The zero-order chi connectivity index (χ0) is 10.7. The van der Waals surface area contributed by atoms with Crippen LogP contribution in [0.3, 0.4) is 0 Å². The lowest BCUT2D eigenvalue weighted by Crippen LogP contribution is -2.50. The number of hydrogen-bond acceptors (Lipinski definition) is 4. The topological polar surface area (TPSA) is 41.6 Å². The van der Waals surface area contributed by atoms with Gasteiger partial charge in [0.1, 0.15) is 6.04 Å². The number of ether oxygens (including phenoxy) is 1. The molecule has 0 aromatic carbocycles. The molecule has 86 valence electrons. The van der Waals surface area contributed by atoms with E-state index >= 15 is 0 Å². The first-order chi connectivity index (χ1) is 7.33. The van der Waals surface area contributed by atoms with Gasteiger partial charge < -0.3 is 10.1 Å². The summed E-state index contributed by atoms with van der Waals surface area (Å²) in [7, 11) is 1.47. The highest BCUT2D eigenvalue weighted by Crippen LogP contribution is 2.20. The largest absolute Gasteiger partial charge is 0.468 e. The van der Waals surface area contributed by atoms with E-state index < -0.39 is 0 Å². The molecule has 1 unspecified atom stereocenters. The summed E-state index contributed by atoms with van der Waals surface area (Å²) >= 11 is 0. The van der Waals surface area contributed by atoms with Crippen molar-refractivity contribution in [2.75, 3.05) is 26.7 Å². The Kier molecular flexibility index (Phi) is 3.59. The Bertz CT molecular complexity index is 227. The van der Waals surface area contributed by atoms with Crippen molar-refractivity contribution in [2.45, 2.75) is 37.8 Å². The molecule has 0 aromatic heterocycles. The summed E-state index contributed by atoms with van der Waals surface area (Å²) in [4.78, 5) is 14.0. The quantitative estimate of drug-likeness (QED) is 0.672. The highest BCUT2D eigenvalue weighted by Gasteiger charge is 2.37. The SMILES string of the molecule is COC(=O)C1NCC[C@H]1N1CCCCC1. The van der Waals surface area contributed by atoms with Crippen molar-refractivity contribution >= 4 is 5.97 Å². The molecule has 1 N–H and O–H groups in total. The van der Waals surface area contributed by atoms with E-state index in [9.17, 15) is 4.79 Å². The maximum atomic E-state index is 11.6. The molecule has 0 radical (unpaired) electrons. The minimum absolute atomic E-state index is 0.104. The summed E-state index contributed by atoms with van der Waals surface area (Å²) in [6.45, 7) is 3.21. The highest BCUT2D eigenvalue weighted by atomic mass is 16.5. The van der Waals surface area contributed by atoms with Crippen LogP contribution in [0.25, 0.3) is 0 Å². The Labute approximate surface area is 91.0 Å². The Morgan fingerprint density at radius 2 is 2.07 bits per heavy atom. The van der Waals surface area contributed by atoms with Crippen molar-refractivity contribution in [1.29, 1.82) is 0 Å². The first-order valence-corrected chi connectivity index (χ1v) is 5.88. The van der Waals surface area contributed by atoms with Crippen molar-refractivity contribution in [2.24, 2.45) is 0 Å². The summed E-state index contributed by atoms with van der Waals surface area (Å²) in [6.07, 6.45) is 4.94. The van der Waals surface area contributed by atoms with Crippen molar-refractivity contribution < 1.29 is 9.53 Å². The Morgan fingerprint density at radius 1 is 1.33 bits per heavy atom. The third-order valence-corrected chi connectivity index (χ3v) is 3.50. The van der Waals surface area contributed by atoms with Crippen LogP contribution in [-0.4, -0.2) is 49.7 Å². The first kappa shape index (κ1) is 10.9. The van der Waals surface area contributed by atoms with Crippen LogP contribution < -0.4 is 5.32 Å². The molecule has 0 aromatic rings. The van der Waals surface area contributed by atoms with E-state index in [0.717, 1.165) is 26.1 Å². The fraction of sp³-hybridized carbons (Fsp3) is 0.909. The number of rotatable bonds is 2. The van der Waals surface area contributed by atoms with Crippen LogP contribution in [0.5, 0.6) is 0 Å². The molecule has 2 rings (SSSR count). The third-order valence-electron chi connectivity index (χ3n) is 3.50. The zero-order valence-corrected chi connectivity index (χ0v) is 9.37. The summed E-state index contributed by atoms with van der Waals surface area (Å²) in [5.41, 5.74) is 0. The van der Waals surface area contributed by atoms with Gasteiger partial charge in [0.05, 0.1) is 7.11 Å². The maximum absolute atomic E-state index is 11.6. The maximum Gasteiger partial charge on any atom is 0.324 e. The summed E-state index contributed by atoms with van der Waals surface area (Å²) in [5, 5.41) is 3.24. The molecule has 2 aliphatic heterocycles. The predicted octanol–water partition coefficient (Wildman–Crippen LogP) is 0.376. The van der Waals surface area contributed by atoms with Crippen LogP contribution in [0.1, 0.15) is 25.7 Å². The number of carbonyl (C=O) groups excluding carboxylic acids is 1. The van der Waals surface area contributed by atoms with Crippen molar-refractivity contribution in [3.8, 4) is 0 Å². The molecule has 2 fully saturated rings. The van der Waals surface area contributed by atoms with Crippen LogP contribution in [0, 0.1) is 0 Å². The van der Waals surface area contributed by atoms with Crippen molar-refractivity contribution in [3.63, 3.8) is 0 Å². The standard InChI is InChI=1S/C11H20N2O2/c1-15-11(14)10-9(5-6-12-10)13-7-3-2-4-8-13/h9-10,12H,2-8H2,1H3/t9-,10?/m1/s1. The lowest BCUT2D eigenvalue weighted by atomic mass is 10.0. The number of esters is 1. The van der Waals surface area contributed by atoms with E-state index in [4.69, 9.17) is 4.74 Å². The van der Waals surface area contributed by atoms with E-state index in [0.29, 0.717) is 6.04 Å². The van der Waals surface area contributed by atoms with Gasteiger partial charge in [-0.3, -0.25) is 9.69 Å². The molecule has 0 saturated carbocycles. The minimum Gasteiger partial charge on any atom is -0.468 e. The number of carbonyl (C=O) groups is 1. The number of methoxy groups -OCH3 is 1. The average molecular weight is 212 g/mol. The van der Waals surface area contributed by atoms with Crippen molar-refractivity contribution in [1.82, 2.24) is 10.2 Å². The zero-order valence-electron chi connectivity index (χ0n) is 9.37. The van der Waals surface area contributed by atoms with E-state index in [-0.39, 0.29) is 12.0 Å². The fourth-order valence-corrected chi connectivity index (χ4v) is 2.70. The van der Waals surface area contributed by atoms with Crippen LogP contribution in [0.15, 0.2) is 0 Å². The van der Waals surface area contributed by atoms with E-state index in [1.165, 1.54) is 26.4 Å².